The number of rotatable bonds is 0. The van der Waals surface area contributed by atoms with Crippen LogP contribution in [0.3, 0.4) is 0 Å². The smallest absolute Gasteiger partial charge is 0.319 e. The van der Waals surface area contributed by atoms with E-state index in [1.165, 1.54) is 0 Å². The summed E-state index contributed by atoms with van der Waals surface area (Å²) in [4.78, 5) is 45.7. The first-order valence-corrected chi connectivity index (χ1v) is 5.59. The first kappa shape index (κ1) is 10.7. The van der Waals surface area contributed by atoms with Gasteiger partial charge in [-0.15, -0.1) is 11.6 Å². The number of esters is 4. The lowest BCUT2D eigenvalue weighted by Gasteiger charge is -2.30. The van der Waals surface area contributed by atoms with E-state index in [1.54, 1.807) is 0 Å². The van der Waals surface area contributed by atoms with Gasteiger partial charge in [0.25, 0.3) is 0 Å². The zero-order valence-electron chi connectivity index (χ0n) is 8.42. The van der Waals surface area contributed by atoms with Crippen molar-refractivity contribution in [3.63, 3.8) is 0 Å². The van der Waals surface area contributed by atoms with Gasteiger partial charge in [-0.3, -0.25) is 19.2 Å². The van der Waals surface area contributed by atoms with E-state index in [4.69, 9.17) is 11.6 Å². The molecule has 90 valence electrons. The second-order valence-corrected chi connectivity index (χ2v) is 4.93. The van der Waals surface area contributed by atoms with E-state index in [2.05, 4.69) is 9.47 Å². The minimum atomic E-state index is -0.920. The van der Waals surface area contributed by atoms with Crippen LogP contribution in [-0.2, 0) is 28.7 Å². The largest absolute Gasteiger partial charge is 0.393 e. The van der Waals surface area contributed by atoms with Crippen molar-refractivity contribution in [2.45, 2.75) is 11.8 Å². The highest BCUT2D eigenvalue weighted by molar-refractivity contribution is 6.25. The normalized spacial score (nSPS) is 44.2. The molecular formula is C10H7ClO6. The third-order valence-electron chi connectivity index (χ3n) is 3.61. The summed E-state index contributed by atoms with van der Waals surface area (Å²) in [6.07, 6.45) is 0.0910. The Balaban J connectivity index is 2.00. The molecule has 2 heterocycles. The lowest BCUT2D eigenvalue weighted by molar-refractivity contribution is -0.154. The number of halogens is 1. The van der Waals surface area contributed by atoms with E-state index >= 15 is 0 Å². The number of hydrogen-bond acceptors (Lipinski definition) is 6. The molecule has 0 N–H and O–H groups in total. The Kier molecular flexibility index (Phi) is 2.07. The van der Waals surface area contributed by atoms with Gasteiger partial charge in [-0.05, 0) is 6.42 Å². The van der Waals surface area contributed by atoms with Crippen molar-refractivity contribution in [3.05, 3.63) is 0 Å². The Morgan fingerprint density at radius 2 is 1.24 bits per heavy atom. The Labute approximate surface area is 100 Å². The lowest BCUT2D eigenvalue weighted by Crippen LogP contribution is -2.44. The van der Waals surface area contributed by atoms with Crippen LogP contribution in [0.2, 0.25) is 0 Å². The zero-order valence-corrected chi connectivity index (χ0v) is 9.18. The van der Waals surface area contributed by atoms with E-state index < -0.39 is 52.9 Å². The van der Waals surface area contributed by atoms with E-state index in [-0.39, 0.29) is 6.42 Å². The van der Waals surface area contributed by atoms with Gasteiger partial charge in [-0.25, -0.2) is 0 Å². The first-order valence-electron chi connectivity index (χ1n) is 5.16. The van der Waals surface area contributed by atoms with Crippen LogP contribution in [0.4, 0.5) is 0 Å². The Morgan fingerprint density at radius 3 is 1.65 bits per heavy atom. The number of ether oxygens (including phenoxy) is 2. The number of carbonyl (C=O) groups excluding carboxylic acids is 4. The van der Waals surface area contributed by atoms with Gasteiger partial charge in [0.1, 0.15) is 0 Å². The number of carbonyl (C=O) groups is 4. The first-order chi connectivity index (χ1) is 8.00. The Bertz CT molecular complexity index is 418. The van der Waals surface area contributed by atoms with Gasteiger partial charge in [0.05, 0.1) is 29.0 Å². The molecular weight excluding hydrogens is 252 g/mol. The Morgan fingerprint density at radius 1 is 0.824 bits per heavy atom. The van der Waals surface area contributed by atoms with Crippen molar-refractivity contribution < 1.29 is 28.7 Å². The number of cyclic esters (lactones) is 4. The highest BCUT2D eigenvalue weighted by Crippen LogP contribution is 2.48. The number of fused-ring (bicyclic) bond motifs is 2. The molecule has 17 heavy (non-hydrogen) atoms. The van der Waals surface area contributed by atoms with E-state index in [0.717, 1.165) is 0 Å². The van der Waals surface area contributed by atoms with Crippen LogP contribution < -0.4 is 0 Å². The average Bonchev–Trinajstić information content (AvgIpc) is 2.68. The molecule has 0 amide bonds. The molecule has 7 heteroatoms. The topological polar surface area (TPSA) is 86.7 Å². The van der Waals surface area contributed by atoms with Crippen molar-refractivity contribution >= 4 is 35.5 Å². The molecule has 0 aromatic rings. The predicted molar refractivity (Wildman–Crippen MR) is 50.4 cm³/mol. The molecule has 0 bridgehead atoms. The summed E-state index contributed by atoms with van der Waals surface area (Å²) in [5.41, 5.74) is 0. The maximum atomic E-state index is 11.4. The molecule has 2 aliphatic heterocycles. The standard InChI is InChI=1S/C10H7ClO6/c11-6-4-2(7(12)16-9(4)14)1-3-5(6)10(15)17-8(3)13/h2-6H,1H2. The minimum Gasteiger partial charge on any atom is -0.393 e. The minimum absolute atomic E-state index is 0.0910. The second kappa shape index (κ2) is 3.29. The molecule has 6 nitrogen and oxygen atoms in total. The van der Waals surface area contributed by atoms with E-state index in [1.807, 2.05) is 0 Å². The molecule has 4 unspecified atom stereocenters. The monoisotopic (exact) mass is 258 g/mol. The average molecular weight is 259 g/mol. The van der Waals surface area contributed by atoms with Crippen molar-refractivity contribution in [1.29, 1.82) is 0 Å². The van der Waals surface area contributed by atoms with E-state index in [9.17, 15) is 19.2 Å². The fraction of sp³-hybridized carbons (Fsp3) is 0.600. The van der Waals surface area contributed by atoms with Gasteiger partial charge in [-0.1, -0.05) is 0 Å². The van der Waals surface area contributed by atoms with Crippen molar-refractivity contribution in [2.24, 2.45) is 23.7 Å². The van der Waals surface area contributed by atoms with Crippen LogP contribution in [0.1, 0.15) is 6.42 Å². The molecule has 3 aliphatic rings. The molecule has 0 aromatic heterocycles. The van der Waals surface area contributed by atoms with Crippen molar-refractivity contribution in [3.8, 4) is 0 Å². The third kappa shape index (κ3) is 1.27. The van der Waals surface area contributed by atoms with Gasteiger partial charge in [0.2, 0.25) is 0 Å². The molecule has 3 fully saturated rings. The molecule has 3 rings (SSSR count). The van der Waals surface area contributed by atoms with E-state index in [0.29, 0.717) is 0 Å². The fourth-order valence-corrected chi connectivity index (χ4v) is 3.35. The zero-order chi connectivity index (χ0) is 12.3. The SMILES string of the molecule is O=C1OC(=O)C2C1CC1C(=O)OC(=O)C1C2Cl. The number of hydrogen-bond donors (Lipinski definition) is 0. The molecule has 4 atom stereocenters. The van der Waals surface area contributed by atoms with Crippen LogP contribution in [-0.4, -0.2) is 29.3 Å². The molecule has 1 aliphatic carbocycles. The van der Waals surface area contributed by atoms with Gasteiger partial charge in [-0.2, -0.15) is 0 Å². The highest BCUT2D eigenvalue weighted by atomic mass is 35.5. The van der Waals surface area contributed by atoms with Gasteiger partial charge in [0.15, 0.2) is 0 Å². The summed E-state index contributed by atoms with van der Waals surface area (Å²) in [7, 11) is 0. The fourth-order valence-electron chi connectivity index (χ4n) is 2.79. The second-order valence-electron chi connectivity index (χ2n) is 4.42. The quantitative estimate of drug-likeness (QED) is 0.335. The lowest BCUT2D eigenvalue weighted by atomic mass is 9.70. The van der Waals surface area contributed by atoms with Gasteiger partial charge < -0.3 is 9.47 Å². The summed E-state index contributed by atoms with van der Waals surface area (Å²) in [5, 5.41) is -0.920. The summed E-state index contributed by atoms with van der Waals surface area (Å²) in [6.45, 7) is 0. The third-order valence-corrected chi connectivity index (χ3v) is 4.16. The van der Waals surface area contributed by atoms with Crippen LogP contribution in [0.15, 0.2) is 0 Å². The van der Waals surface area contributed by atoms with Crippen LogP contribution >= 0.6 is 11.6 Å². The van der Waals surface area contributed by atoms with Crippen LogP contribution in [0, 0.1) is 23.7 Å². The summed E-state index contributed by atoms with van der Waals surface area (Å²) < 4.78 is 8.98. The molecule has 1 saturated carbocycles. The van der Waals surface area contributed by atoms with Gasteiger partial charge in [0, 0.05) is 0 Å². The predicted octanol–water partition coefficient (Wildman–Crippen LogP) is -0.371. The highest BCUT2D eigenvalue weighted by Gasteiger charge is 2.62. The molecule has 0 spiro atoms. The number of alkyl halides is 1. The van der Waals surface area contributed by atoms with Crippen molar-refractivity contribution in [1.82, 2.24) is 0 Å². The van der Waals surface area contributed by atoms with Crippen molar-refractivity contribution in [2.75, 3.05) is 0 Å². The summed E-state index contributed by atoms with van der Waals surface area (Å²) >= 11 is 6.03. The molecule has 2 saturated heterocycles. The summed E-state index contributed by atoms with van der Waals surface area (Å²) in [5.74, 6) is -5.93. The maximum Gasteiger partial charge on any atom is 0.319 e. The molecule has 0 radical (unpaired) electrons. The molecule has 0 aromatic carbocycles. The van der Waals surface area contributed by atoms with Crippen LogP contribution in [0.5, 0.6) is 0 Å². The summed E-state index contributed by atoms with van der Waals surface area (Å²) in [6, 6.07) is 0. The van der Waals surface area contributed by atoms with Gasteiger partial charge >= 0.3 is 23.9 Å². The Hall–Kier alpha value is -1.43. The van der Waals surface area contributed by atoms with Crippen LogP contribution in [0.25, 0.3) is 0 Å². The maximum absolute atomic E-state index is 11.4.